The van der Waals surface area contributed by atoms with Crippen LogP contribution in [-0.4, -0.2) is 28.6 Å². The number of hydrogen-bond donors (Lipinski definition) is 1. The molecule has 20 heavy (non-hydrogen) atoms. The van der Waals surface area contributed by atoms with Crippen LogP contribution in [0.15, 0.2) is 24.3 Å². The van der Waals surface area contributed by atoms with E-state index >= 15 is 0 Å². The quantitative estimate of drug-likeness (QED) is 0.775. The third-order valence-electron chi connectivity index (χ3n) is 3.49. The van der Waals surface area contributed by atoms with E-state index in [0.29, 0.717) is 12.5 Å². The van der Waals surface area contributed by atoms with Gasteiger partial charge in [-0.3, -0.25) is 9.69 Å². The lowest BCUT2D eigenvalue weighted by Crippen LogP contribution is -2.35. The van der Waals surface area contributed by atoms with E-state index in [-0.39, 0.29) is 12.5 Å². The van der Waals surface area contributed by atoms with Gasteiger partial charge in [-0.15, -0.1) is 0 Å². The number of benzene rings is 1. The lowest BCUT2D eigenvalue weighted by Gasteiger charge is -2.35. The SMILES string of the molecule is CCC(c1cccc(Cl)c1)N(CCCC(=O)O)C(C)C. The van der Waals surface area contributed by atoms with Gasteiger partial charge in [0.15, 0.2) is 0 Å². The Hall–Kier alpha value is -1.06. The highest BCUT2D eigenvalue weighted by molar-refractivity contribution is 6.30. The maximum atomic E-state index is 10.7. The number of nitrogens with zero attached hydrogens (tertiary/aromatic N) is 1. The Labute approximate surface area is 126 Å². The first-order chi connectivity index (χ1) is 9.45. The second kappa shape index (κ2) is 8.28. The molecule has 1 atom stereocenters. The van der Waals surface area contributed by atoms with Gasteiger partial charge in [-0.1, -0.05) is 30.7 Å². The minimum atomic E-state index is -0.732. The molecule has 1 N–H and O–H groups in total. The van der Waals surface area contributed by atoms with Crippen LogP contribution in [-0.2, 0) is 4.79 Å². The lowest BCUT2D eigenvalue weighted by molar-refractivity contribution is -0.137. The zero-order chi connectivity index (χ0) is 15.1. The van der Waals surface area contributed by atoms with Crippen LogP contribution in [0, 0.1) is 0 Å². The van der Waals surface area contributed by atoms with Crippen molar-refractivity contribution in [2.45, 2.75) is 52.1 Å². The summed E-state index contributed by atoms with van der Waals surface area (Å²) in [5.74, 6) is -0.732. The topological polar surface area (TPSA) is 40.5 Å². The van der Waals surface area contributed by atoms with Crippen LogP contribution in [0.1, 0.15) is 51.6 Å². The molecular formula is C16H24ClNO2. The molecular weight excluding hydrogens is 274 g/mol. The Morgan fingerprint density at radius 1 is 1.40 bits per heavy atom. The molecule has 1 aromatic rings. The number of carboxylic acids is 1. The van der Waals surface area contributed by atoms with Gasteiger partial charge in [0.25, 0.3) is 0 Å². The molecule has 0 amide bonds. The molecule has 0 aliphatic heterocycles. The molecule has 0 fully saturated rings. The average Bonchev–Trinajstić information content (AvgIpc) is 2.37. The van der Waals surface area contributed by atoms with Crippen molar-refractivity contribution in [2.75, 3.05) is 6.54 Å². The van der Waals surface area contributed by atoms with Crippen LogP contribution in [0.2, 0.25) is 5.02 Å². The average molecular weight is 298 g/mol. The zero-order valence-corrected chi connectivity index (χ0v) is 13.2. The summed E-state index contributed by atoms with van der Waals surface area (Å²) in [6.45, 7) is 7.23. The normalized spacial score (nSPS) is 12.9. The summed E-state index contributed by atoms with van der Waals surface area (Å²) in [7, 11) is 0. The van der Waals surface area contributed by atoms with E-state index in [1.54, 1.807) is 0 Å². The summed E-state index contributed by atoms with van der Waals surface area (Å²) >= 11 is 6.08. The fourth-order valence-corrected chi connectivity index (χ4v) is 2.76. The monoisotopic (exact) mass is 297 g/mol. The first-order valence-corrected chi connectivity index (χ1v) is 7.56. The Morgan fingerprint density at radius 2 is 2.10 bits per heavy atom. The third kappa shape index (κ3) is 5.14. The van der Waals surface area contributed by atoms with E-state index in [2.05, 4.69) is 31.7 Å². The van der Waals surface area contributed by atoms with E-state index in [4.69, 9.17) is 16.7 Å². The molecule has 0 aliphatic carbocycles. The molecule has 1 aromatic carbocycles. The summed E-state index contributed by atoms with van der Waals surface area (Å²) in [5, 5.41) is 9.52. The number of hydrogen-bond acceptors (Lipinski definition) is 2. The van der Waals surface area contributed by atoms with Gasteiger partial charge in [0.05, 0.1) is 0 Å². The van der Waals surface area contributed by atoms with Crippen molar-refractivity contribution in [2.24, 2.45) is 0 Å². The van der Waals surface area contributed by atoms with Crippen molar-refractivity contribution in [3.63, 3.8) is 0 Å². The van der Waals surface area contributed by atoms with Gasteiger partial charge in [0, 0.05) is 23.5 Å². The zero-order valence-electron chi connectivity index (χ0n) is 12.5. The minimum absolute atomic E-state index is 0.217. The van der Waals surface area contributed by atoms with Crippen LogP contribution >= 0.6 is 11.6 Å². The number of rotatable bonds is 8. The Kier molecular flexibility index (Phi) is 7.03. The molecule has 0 spiro atoms. The van der Waals surface area contributed by atoms with E-state index in [1.165, 1.54) is 5.56 Å². The van der Waals surface area contributed by atoms with E-state index in [0.717, 1.165) is 18.0 Å². The number of aliphatic carboxylic acids is 1. The minimum Gasteiger partial charge on any atom is -0.481 e. The molecule has 4 heteroatoms. The van der Waals surface area contributed by atoms with Crippen molar-refractivity contribution in [1.82, 2.24) is 4.90 Å². The predicted octanol–water partition coefficient (Wildman–Crippen LogP) is 4.37. The van der Waals surface area contributed by atoms with Gasteiger partial charge in [-0.25, -0.2) is 0 Å². The summed E-state index contributed by atoms with van der Waals surface area (Å²) < 4.78 is 0. The van der Waals surface area contributed by atoms with Crippen LogP contribution in [0.5, 0.6) is 0 Å². The Bertz CT molecular complexity index is 434. The molecule has 0 aromatic heterocycles. The van der Waals surface area contributed by atoms with Crippen LogP contribution in [0.4, 0.5) is 0 Å². The highest BCUT2D eigenvalue weighted by Crippen LogP contribution is 2.28. The van der Waals surface area contributed by atoms with Crippen molar-refractivity contribution < 1.29 is 9.90 Å². The number of carboxylic acid groups (broad SMARTS) is 1. The maximum Gasteiger partial charge on any atom is 0.303 e. The van der Waals surface area contributed by atoms with Crippen molar-refractivity contribution in [3.8, 4) is 0 Å². The third-order valence-corrected chi connectivity index (χ3v) is 3.73. The number of halogens is 1. The van der Waals surface area contributed by atoms with Gasteiger partial charge in [-0.05, 0) is 50.9 Å². The highest BCUT2D eigenvalue weighted by Gasteiger charge is 2.21. The fraction of sp³-hybridized carbons (Fsp3) is 0.562. The predicted molar refractivity (Wildman–Crippen MR) is 83.2 cm³/mol. The first kappa shape index (κ1) is 17.0. The van der Waals surface area contributed by atoms with Gasteiger partial charge in [0.1, 0.15) is 0 Å². The van der Waals surface area contributed by atoms with Gasteiger partial charge in [-0.2, -0.15) is 0 Å². The Balaban J connectivity index is 2.83. The summed E-state index contributed by atoms with van der Waals surface area (Å²) in [6.07, 6.45) is 1.87. The van der Waals surface area contributed by atoms with E-state index in [1.807, 2.05) is 18.2 Å². The fourth-order valence-electron chi connectivity index (χ4n) is 2.56. The Morgan fingerprint density at radius 3 is 2.60 bits per heavy atom. The van der Waals surface area contributed by atoms with Crippen LogP contribution in [0.3, 0.4) is 0 Å². The molecule has 112 valence electrons. The molecule has 0 saturated heterocycles. The second-order valence-corrected chi connectivity index (χ2v) is 5.74. The standard InChI is InChI=1S/C16H24ClNO2/c1-4-15(13-7-5-8-14(17)11-13)18(12(2)3)10-6-9-16(19)20/h5,7-8,11-12,15H,4,6,9-10H2,1-3H3,(H,19,20). The maximum absolute atomic E-state index is 10.7. The van der Waals surface area contributed by atoms with Gasteiger partial charge < -0.3 is 5.11 Å². The van der Waals surface area contributed by atoms with Crippen molar-refractivity contribution in [3.05, 3.63) is 34.9 Å². The molecule has 0 radical (unpaired) electrons. The lowest BCUT2D eigenvalue weighted by atomic mass is 10.0. The molecule has 0 aliphatic rings. The summed E-state index contributed by atoms with van der Waals surface area (Å²) in [5.41, 5.74) is 1.20. The number of carbonyl (C=O) groups is 1. The van der Waals surface area contributed by atoms with Crippen LogP contribution in [0.25, 0.3) is 0 Å². The highest BCUT2D eigenvalue weighted by atomic mass is 35.5. The van der Waals surface area contributed by atoms with Crippen molar-refractivity contribution in [1.29, 1.82) is 0 Å². The molecule has 0 heterocycles. The summed E-state index contributed by atoms with van der Waals surface area (Å²) in [4.78, 5) is 13.0. The second-order valence-electron chi connectivity index (χ2n) is 5.31. The van der Waals surface area contributed by atoms with E-state index < -0.39 is 5.97 Å². The molecule has 3 nitrogen and oxygen atoms in total. The molecule has 1 rings (SSSR count). The molecule has 0 saturated carbocycles. The smallest absolute Gasteiger partial charge is 0.303 e. The first-order valence-electron chi connectivity index (χ1n) is 7.18. The van der Waals surface area contributed by atoms with Gasteiger partial charge in [0.2, 0.25) is 0 Å². The summed E-state index contributed by atoms with van der Waals surface area (Å²) in [6, 6.07) is 8.59. The van der Waals surface area contributed by atoms with E-state index in [9.17, 15) is 4.79 Å². The van der Waals surface area contributed by atoms with Crippen LogP contribution < -0.4 is 0 Å². The molecule has 0 bridgehead atoms. The molecule has 1 unspecified atom stereocenters. The van der Waals surface area contributed by atoms with Crippen molar-refractivity contribution >= 4 is 17.6 Å². The van der Waals surface area contributed by atoms with Gasteiger partial charge >= 0.3 is 5.97 Å². The largest absolute Gasteiger partial charge is 0.481 e.